The zero-order valence-corrected chi connectivity index (χ0v) is 12.7. The third-order valence-corrected chi connectivity index (χ3v) is 3.19. The standard InChI is InChI=1S/C15H18BrNO2/c1-11(2)19-15-6-5-12(8-14(15)16)9-17-10-13-4-3-7-18-13/h3-8,11,17H,9-10H2,1-2H3. The fourth-order valence-corrected chi connectivity index (χ4v) is 2.27. The van der Waals surface area contributed by atoms with E-state index in [1.165, 1.54) is 5.56 Å². The van der Waals surface area contributed by atoms with Gasteiger partial charge in [0.05, 0.1) is 23.4 Å². The van der Waals surface area contributed by atoms with Gasteiger partial charge in [-0.25, -0.2) is 0 Å². The largest absolute Gasteiger partial charge is 0.490 e. The van der Waals surface area contributed by atoms with Crippen molar-refractivity contribution in [1.29, 1.82) is 0 Å². The first-order chi connectivity index (χ1) is 9.15. The number of rotatable bonds is 6. The van der Waals surface area contributed by atoms with E-state index in [9.17, 15) is 0 Å². The summed E-state index contributed by atoms with van der Waals surface area (Å²) in [5.74, 6) is 1.82. The zero-order chi connectivity index (χ0) is 13.7. The van der Waals surface area contributed by atoms with Gasteiger partial charge in [0.1, 0.15) is 11.5 Å². The van der Waals surface area contributed by atoms with Crippen LogP contribution in [0.4, 0.5) is 0 Å². The van der Waals surface area contributed by atoms with Crippen LogP contribution >= 0.6 is 15.9 Å². The normalized spacial score (nSPS) is 10.9. The molecule has 19 heavy (non-hydrogen) atoms. The highest BCUT2D eigenvalue weighted by Crippen LogP contribution is 2.26. The molecule has 1 aromatic carbocycles. The van der Waals surface area contributed by atoms with E-state index in [0.717, 1.165) is 29.1 Å². The second kappa shape index (κ2) is 6.78. The molecule has 0 radical (unpaired) electrons. The third kappa shape index (κ3) is 4.40. The lowest BCUT2D eigenvalue weighted by atomic mass is 10.2. The van der Waals surface area contributed by atoms with Crippen molar-refractivity contribution in [2.45, 2.75) is 33.0 Å². The van der Waals surface area contributed by atoms with Crippen LogP contribution in [-0.4, -0.2) is 6.10 Å². The molecule has 0 atom stereocenters. The smallest absolute Gasteiger partial charge is 0.133 e. The van der Waals surface area contributed by atoms with Crippen molar-refractivity contribution in [3.63, 3.8) is 0 Å². The van der Waals surface area contributed by atoms with Gasteiger partial charge in [-0.1, -0.05) is 6.07 Å². The predicted octanol–water partition coefficient (Wildman–Crippen LogP) is 4.12. The van der Waals surface area contributed by atoms with Crippen LogP contribution in [-0.2, 0) is 13.1 Å². The van der Waals surface area contributed by atoms with E-state index in [4.69, 9.17) is 9.15 Å². The molecule has 0 unspecified atom stereocenters. The molecule has 0 fully saturated rings. The Morgan fingerprint density at radius 1 is 1.26 bits per heavy atom. The molecule has 0 saturated heterocycles. The van der Waals surface area contributed by atoms with Gasteiger partial charge in [-0.05, 0) is 59.6 Å². The van der Waals surface area contributed by atoms with E-state index in [2.05, 4.69) is 33.4 Å². The summed E-state index contributed by atoms with van der Waals surface area (Å²) >= 11 is 3.53. The monoisotopic (exact) mass is 323 g/mol. The Bertz CT molecular complexity index is 509. The number of hydrogen-bond acceptors (Lipinski definition) is 3. The minimum atomic E-state index is 0.180. The number of furan rings is 1. The number of benzene rings is 1. The van der Waals surface area contributed by atoms with Crippen LogP contribution < -0.4 is 10.1 Å². The molecule has 0 spiro atoms. The molecule has 1 aromatic heterocycles. The van der Waals surface area contributed by atoms with Gasteiger partial charge >= 0.3 is 0 Å². The lowest BCUT2D eigenvalue weighted by Crippen LogP contribution is -2.12. The molecule has 0 saturated carbocycles. The second-order valence-corrected chi connectivity index (χ2v) is 5.47. The van der Waals surface area contributed by atoms with Crippen molar-refractivity contribution in [2.75, 3.05) is 0 Å². The van der Waals surface area contributed by atoms with Crippen molar-refractivity contribution in [3.05, 3.63) is 52.4 Å². The molecule has 0 aliphatic rings. The van der Waals surface area contributed by atoms with Crippen LogP contribution in [0.25, 0.3) is 0 Å². The second-order valence-electron chi connectivity index (χ2n) is 4.61. The summed E-state index contributed by atoms with van der Waals surface area (Å²) < 4.78 is 11.9. The summed E-state index contributed by atoms with van der Waals surface area (Å²) in [5, 5.41) is 3.34. The number of halogens is 1. The molecular formula is C15H18BrNO2. The molecule has 4 heteroatoms. The average molecular weight is 324 g/mol. The summed E-state index contributed by atoms with van der Waals surface area (Å²) in [6, 6.07) is 9.99. The van der Waals surface area contributed by atoms with Crippen molar-refractivity contribution in [2.24, 2.45) is 0 Å². The SMILES string of the molecule is CC(C)Oc1ccc(CNCc2ccco2)cc1Br. The van der Waals surface area contributed by atoms with Gasteiger partial charge in [0.25, 0.3) is 0 Å². The first kappa shape index (κ1) is 14.2. The molecule has 2 aromatic rings. The summed E-state index contributed by atoms with van der Waals surface area (Å²) in [6.45, 7) is 5.56. The number of nitrogens with one attached hydrogen (secondary N) is 1. The Morgan fingerprint density at radius 2 is 2.11 bits per heavy atom. The van der Waals surface area contributed by atoms with E-state index < -0.39 is 0 Å². The first-order valence-electron chi connectivity index (χ1n) is 6.33. The highest BCUT2D eigenvalue weighted by atomic mass is 79.9. The van der Waals surface area contributed by atoms with Gasteiger partial charge in [0.15, 0.2) is 0 Å². The van der Waals surface area contributed by atoms with Crippen molar-refractivity contribution >= 4 is 15.9 Å². The van der Waals surface area contributed by atoms with Crippen LogP contribution in [0.3, 0.4) is 0 Å². The van der Waals surface area contributed by atoms with Crippen LogP contribution in [0.1, 0.15) is 25.2 Å². The van der Waals surface area contributed by atoms with Gasteiger partial charge in [-0.2, -0.15) is 0 Å². The first-order valence-corrected chi connectivity index (χ1v) is 7.12. The molecule has 0 aliphatic carbocycles. The van der Waals surface area contributed by atoms with Gasteiger partial charge < -0.3 is 14.5 Å². The fourth-order valence-electron chi connectivity index (χ4n) is 1.75. The molecule has 1 N–H and O–H groups in total. The van der Waals surface area contributed by atoms with Crippen molar-refractivity contribution < 1.29 is 9.15 Å². The molecule has 0 aliphatic heterocycles. The topological polar surface area (TPSA) is 34.4 Å². The Morgan fingerprint density at radius 3 is 2.74 bits per heavy atom. The molecule has 2 rings (SSSR count). The molecule has 0 amide bonds. The average Bonchev–Trinajstić information content (AvgIpc) is 2.85. The lowest BCUT2D eigenvalue weighted by Gasteiger charge is -2.12. The molecule has 102 valence electrons. The van der Waals surface area contributed by atoms with Crippen LogP contribution in [0.2, 0.25) is 0 Å². The van der Waals surface area contributed by atoms with E-state index in [0.29, 0.717) is 0 Å². The van der Waals surface area contributed by atoms with Crippen molar-refractivity contribution in [1.82, 2.24) is 5.32 Å². The minimum absolute atomic E-state index is 0.180. The summed E-state index contributed by atoms with van der Waals surface area (Å²) in [6.07, 6.45) is 1.87. The number of hydrogen-bond donors (Lipinski definition) is 1. The van der Waals surface area contributed by atoms with Gasteiger partial charge in [0, 0.05) is 6.54 Å². The van der Waals surface area contributed by atoms with E-state index in [-0.39, 0.29) is 6.10 Å². The van der Waals surface area contributed by atoms with Crippen molar-refractivity contribution in [3.8, 4) is 5.75 Å². The molecular weight excluding hydrogens is 306 g/mol. The Balaban J connectivity index is 1.89. The molecule has 0 bridgehead atoms. The molecule has 3 nitrogen and oxygen atoms in total. The Hall–Kier alpha value is -1.26. The fraction of sp³-hybridized carbons (Fsp3) is 0.333. The summed E-state index contributed by atoms with van der Waals surface area (Å²) in [5.41, 5.74) is 1.20. The number of ether oxygens (including phenoxy) is 1. The van der Waals surface area contributed by atoms with Crippen LogP contribution in [0.5, 0.6) is 5.75 Å². The predicted molar refractivity (Wildman–Crippen MR) is 79.2 cm³/mol. The van der Waals surface area contributed by atoms with E-state index >= 15 is 0 Å². The maximum Gasteiger partial charge on any atom is 0.133 e. The highest BCUT2D eigenvalue weighted by Gasteiger charge is 2.04. The van der Waals surface area contributed by atoms with E-state index in [1.807, 2.05) is 32.0 Å². The minimum Gasteiger partial charge on any atom is -0.490 e. The summed E-state index contributed by atoms with van der Waals surface area (Å²) in [7, 11) is 0. The maximum atomic E-state index is 5.68. The Kier molecular flexibility index (Phi) is 5.05. The lowest BCUT2D eigenvalue weighted by molar-refractivity contribution is 0.241. The molecule has 1 heterocycles. The highest BCUT2D eigenvalue weighted by molar-refractivity contribution is 9.10. The van der Waals surface area contributed by atoms with Gasteiger partial charge in [0.2, 0.25) is 0 Å². The summed E-state index contributed by atoms with van der Waals surface area (Å²) in [4.78, 5) is 0. The van der Waals surface area contributed by atoms with E-state index in [1.54, 1.807) is 6.26 Å². The van der Waals surface area contributed by atoms with Crippen LogP contribution in [0, 0.1) is 0 Å². The van der Waals surface area contributed by atoms with Gasteiger partial charge in [-0.3, -0.25) is 0 Å². The van der Waals surface area contributed by atoms with Gasteiger partial charge in [-0.15, -0.1) is 0 Å². The maximum absolute atomic E-state index is 5.68. The quantitative estimate of drug-likeness (QED) is 0.868. The third-order valence-electron chi connectivity index (χ3n) is 2.57. The Labute approximate surface area is 122 Å². The zero-order valence-electron chi connectivity index (χ0n) is 11.2. The van der Waals surface area contributed by atoms with Crippen LogP contribution in [0.15, 0.2) is 45.5 Å².